The molecule has 4 heteroatoms. The summed E-state index contributed by atoms with van der Waals surface area (Å²) in [5.74, 6) is 1.91. The molecule has 1 aliphatic heterocycles. The molecule has 1 unspecified atom stereocenters. The van der Waals surface area contributed by atoms with Gasteiger partial charge < -0.3 is 9.64 Å². The minimum Gasteiger partial charge on any atom is -0.463 e. The zero-order valence-electron chi connectivity index (χ0n) is 18.7. The van der Waals surface area contributed by atoms with Crippen LogP contribution in [0.3, 0.4) is 0 Å². The predicted octanol–water partition coefficient (Wildman–Crippen LogP) is 6.76. The van der Waals surface area contributed by atoms with Crippen molar-refractivity contribution >= 4 is 38.3 Å². The third-order valence-electron chi connectivity index (χ3n) is 7.38. The maximum atomic E-state index is 6.70. The lowest BCUT2D eigenvalue weighted by Crippen LogP contribution is -2.22. The third kappa shape index (κ3) is 2.30. The van der Waals surface area contributed by atoms with Crippen molar-refractivity contribution in [2.45, 2.75) is 12.6 Å². The number of nitrogens with zero attached hydrogens (tertiary/aromatic N) is 3. The fourth-order valence-corrected chi connectivity index (χ4v) is 5.72. The lowest BCUT2D eigenvalue weighted by molar-refractivity contribution is 0.238. The standard InChI is InChI=1S/C30H21N3O/c1-32-25-12-11-24-27(29(25)34-30(32)19-7-3-2-4-8-19)23-15-18-13-22(14-18)28(23)33(24)26-16-20-9-5-6-10-21(20)17-31-26/h2-13,15-17,30H,14H2,1H3. The zero-order valence-corrected chi connectivity index (χ0v) is 18.7. The number of rotatable bonds is 2. The largest absolute Gasteiger partial charge is 0.463 e. The smallest absolute Gasteiger partial charge is 0.198 e. The summed E-state index contributed by atoms with van der Waals surface area (Å²) in [7, 11) is 2.11. The van der Waals surface area contributed by atoms with Crippen LogP contribution in [-0.4, -0.2) is 16.6 Å². The quantitative estimate of drug-likeness (QED) is 0.298. The van der Waals surface area contributed by atoms with Crippen LogP contribution < -0.4 is 9.64 Å². The van der Waals surface area contributed by atoms with E-state index < -0.39 is 0 Å². The molecule has 4 nitrogen and oxygen atoms in total. The second-order valence-electron chi connectivity index (χ2n) is 9.35. The average molecular weight is 440 g/mol. The monoisotopic (exact) mass is 439 g/mol. The molecular weight excluding hydrogens is 418 g/mol. The molecule has 2 aromatic heterocycles. The van der Waals surface area contributed by atoms with E-state index in [-0.39, 0.29) is 6.23 Å². The first-order valence-electron chi connectivity index (χ1n) is 11.7. The Labute approximate surface area is 196 Å². The van der Waals surface area contributed by atoms with E-state index in [4.69, 9.17) is 9.72 Å². The average Bonchev–Trinajstić information content (AvgIpc) is 3.39. The van der Waals surface area contributed by atoms with E-state index in [1.165, 1.54) is 32.8 Å². The van der Waals surface area contributed by atoms with E-state index in [0.29, 0.717) is 0 Å². The fourth-order valence-electron chi connectivity index (χ4n) is 5.72. The van der Waals surface area contributed by atoms with Gasteiger partial charge in [0.15, 0.2) is 12.0 Å². The molecule has 4 aromatic carbocycles. The van der Waals surface area contributed by atoms with Gasteiger partial charge >= 0.3 is 0 Å². The minimum atomic E-state index is -0.135. The number of fused-ring (bicyclic) bond motifs is 4. The highest BCUT2D eigenvalue weighted by atomic mass is 16.5. The van der Waals surface area contributed by atoms with Crippen molar-refractivity contribution in [1.82, 2.24) is 9.55 Å². The van der Waals surface area contributed by atoms with Crippen LogP contribution >= 0.6 is 0 Å². The first-order chi connectivity index (χ1) is 16.8. The van der Waals surface area contributed by atoms with Gasteiger partial charge in [0, 0.05) is 29.6 Å². The van der Waals surface area contributed by atoms with Crippen LogP contribution in [0.25, 0.3) is 38.4 Å². The summed E-state index contributed by atoms with van der Waals surface area (Å²) in [4.78, 5) is 7.13. The summed E-state index contributed by atoms with van der Waals surface area (Å²) in [6, 6.07) is 30.1. The zero-order chi connectivity index (χ0) is 22.4. The predicted molar refractivity (Wildman–Crippen MR) is 137 cm³/mol. The van der Waals surface area contributed by atoms with Gasteiger partial charge in [0.2, 0.25) is 0 Å². The second-order valence-corrected chi connectivity index (χ2v) is 9.35. The highest BCUT2D eigenvalue weighted by molar-refractivity contribution is 6.16. The lowest BCUT2D eigenvalue weighted by Gasteiger charge is -2.20. The molecule has 34 heavy (non-hydrogen) atoms. The summed E-state index contributed by atoms with van der Waals surface area (Å²) in [6.07, 6.45) is 2.86. The van der Waals surface area contributed by atoms with Gasteiger partial charge in [0.25, 0.3) is 0 Å². The number of benzene rings is 4. The molecule has 2 bridgehead atoms. The van der Waals surface area contributed by atoms with Gasteiger partial charge in [-0.3, -0.25) is 4.57 Å². The van der Waals surface area contributed by atoms with Gasteiger partial charge in [-0.25, -0.2) is 4.98 Å². The van der Waals surface area contributed by atoms with E-state index in [1.807, 2.05) is 12.3 Å². The molecule has 0 amide bonds. The van der Waals surface area contributed by atoms with Crippen LogP contribution in [0.4, 0.5) is 5.69 Å². The first-order valence-corrected chi connectivity index (χ1v) is 11.7. The Bertz CT molecular complexity index is 1780. The van der Waals surface area contributed by atoms with E-state index >= 15 is 0 Å². The Balaban J connectivity index is 1.42. The molecule has 0 spiro atoms. The van der Waals surface area contributed by atoms with E-state index in [9.17, 15) is 0 Å². The molecular formula is C30H21N3O. The van der Waals surface area contributed by atoms with Gasteiger partial charge in [-0.2, -0.15) is 0 Å². The Morgan fingerprint density at radius 1 is 0.882 bits per heavy atom. The minimum absolute atomic E-state index is 0.135. The SMILES string of the molecule is CN1c2ccc3c(c2OC1c1ccccc1)c1cc2cc(c1n3-c1cc3ccccc3cn1)C2. The number of hydrogen-bond donors (Lipinski definition) is 0. The molecule has 1 atom stereocenters. The van der Waals surface area contributed by atoms with Gasteiger partial charge in [-0.15, -0.1) is 0 Å². The summed E-state index contributed by atoms with van der Waals surface area (Å²) in [5.41, 5.74) is 7.42. The Morgan fingerprint density at radius 2 is 1.68 bits per heavy atom. The van der Waals surface area contributed by atoms with Crippen molar-refractivity contribution in [1.29, 1.82) is 0 Å². The van der Waals surface area contributed by atoms with Crippen molar-refractivity contribution < 1.29 is 4.74 Å². The maximum Gasteiger partial charge on any atom is 0.198 e. The molecule has 3 aliphatic rings. The number of ether oxygens (including phenoxy) is 1. The molecule has 2 aliphatic carbocycles. The second kappa shape index (κ2) is 6.39. The van der Waals surface area contributed by atoms with Gasteiger partial charge in [0.05, 0.1) is 22.1 Å². The maximum absolute atomic E-state index is 6.70. The van der Waals surface area contributed by atoms with Crippen molar-refractivity contribution in [3.63, 3.8) is 0 Å². The van der Waals surface area contributed by atoms with Crippen LogP contribution in [-0.2, 0) is 6.42 Å². The summed E-state index contributed by atoms with van der Waals surface area (Å²) < 4.78 is 9.03. The molecule has 3 heterocycles. The van der Waals surface area contributed by atoms with Gasteiger partial charge in [-0.05, 0) is 47.2 Å². The lowest BCUT2D eigenvalue weighted by atomic mass is 9.89. The molecule has 0 saturated heterocycles. The third-order valence-corrected chi connectivity index (χ3v) is 7.38. The number of hydrogen-bond acceptors (Lipinski definition) is 3. The highest BCUT2D eigenvalue weighted by Gasteiger charge is 2.34. The molecule has 162 valence electrons. The van der Waals surface area contributed by atoms with Crippen molar-refractivity contribution in [2.75, 3.05) is 11.9 Å². The van der Waals surface area contributed by atoms with Crippen LogP contribution in [0, 0.1) is 0 Å². The fraction of sp³-hybridized carbons (Fsp3) is 0.100. The summed E-state index contributed by atoms with van der Waals surface area (Å²) in [6.45, 7) is 0. The van der Waals surface area contributed by atoms with Crippen molar-refractivity contribution in [3.8, 4) is 11.6 Å². The number of pyridine rings is 1. The Hall–Kier alpha value is -4.31. The molecule has 0 radical (unpaired) electrons. The van der Waals surface area contributed by atoms with Crippen LogP contribution in [0.5, 0.6) is 5.75 Å². The Morgan fingerprint density at radius 3 is 2.53 bits per heavy atom. The normalized spacial score (nSPS) is 16.1. The topological polar surface area (TPSA) is 30.3 Å². The molecule has 0 fully saturated rings. The van der Waals surface area contributed by atoms with Crippen LogP contribution in [0.2, 0.25) is 0 Å². The molecule has 6 aromatic rings. The molecule has 0 saturated carbocycles. The van der Waals surface area contributed by atoms with Gasteiger partial charge in [-0.1, -0.05) is 60.7 Å². The van der Waals surface area contributed by atoms with E-state index in [1.54, 1.807) is 0 Å². The first kappa shape index (κ1) is 18.2. The summed E-state index contributed by atoms with van der Waals surface area (Å²) in [5, 5.41) is 4.77. The number of anilines is 1. The van der Waals surface area contributed by atoms with Gasteiger partial charge in [0.1, 0.15) is 5.82 Å². The number of aromatic nitrogens is 2. The van der Waals surface area contributed by atoms with Crippen molar-refractivity contribution in [2.24, 2.45) is 0 Å². The molecule has 9 rings (SSSR count). The van der Waals surface area contributed by atoms with Crippen LogP contribution in [0.1, 0.15) is 22.9 Å². The Kier molecular flexibility index (Phi) is 3.41. The van der Waals surface area contributed by atoms with E-state index in [0.717, 1.165) is 40.1 Å². The van der Waals surface area contributed by atoms with Crippen molar-refractivity contribution in [3.05, 3.63) is 108 Å². The summed E-state index contributed by atoms with van der Waals surface area (Å²) >= 11 is 0. The van der Waals surface area contributed by atoms with E-state index in [2.05, 4.69) is 95.4 Å². The highest BCUT2D eigenvalue weighted by Crippen LogP contribution is 2.51. The molecule has 0 N–H and O–H groups in total. The van der Waals surface area contributed by atoms with Crippen LogP contribution in [0.15, 0.2) is 91.1 Å².